The summed E-state index contributed by atoms with van der Waals surface area (Å²) in [5, 5.41) is 4.06. The first-order valence-electron chi connectivity index (χ1n) is 5.89. The Labute approximate surface area is 124 Å². The van der Waals surface area contributed by atoms with E-state index in [4.69, 9.17) is 0 Å². The Kier molecular flexibility index (Phi) is 4.04. The minimum atomic E-state index is -0.745. The zero-order valence-corrected chi connectivity index (χ0v) is 12.9. The maximum absolute atomic E-state index is 11.6. The number of carbonyl (C=O) groups is 1. The highest BCUT2D eigenvalue weighted by Crippen LogP contribution is 2.25. The van der Waals surface area contributed by atoms with E-state index in [1.807, 2.05) is 26.0 Å². The first-order valence-corrected chi connectivity index (χ1v) is 6.68. The van der Waals surface area contributed by atoms with Crippen molar-refractivity contribution in [1.82, 2.24) is 9.78 Å². The van der Waals surface area contributed by atoms with Gasteiger partial charge >= 0.3 is 5.97 Å². The third-order valence-corrected chi connectivity index (χ3v) is 3.42. The van der Waals surface area contributed by atoms with Crippen molar-refractivity contribution in [1.29, 1.82) is 0 Å². The lowest BCUT2D eigenvalue weighted by atomic mass is 10.1. The fourth-order valence-corrected chi connectivity index (χ4v) is 2.82. The van der Waals surface area contributed by atoms with Crippen LogP contribution in [0.15, 0.2) is 33.7 Å². The minimum Gasteiger partial charge on any atom is -0.464 e. The number of hydrogen-bond donors (Lipinski definition) is 0. The fraction of sp³-hybridized carbons (Fsp3) is 0.214. The van der Waals surface area contributed by atoms with Crippen LogP contribution in [-0.4, -0.2) is 22.9 Å². The van der Waals surface area contributed by atoms with Crippen molar-refractivity contribution in [2.45, 2.75) is 13.8 Å². The van der Waals surface area contributed by atoms with Crippen LogP contribution in [0.25, 0.3) is 5.69 Å². The van der Waals surface area contributed by atoms with Gasteiger partial charge in [-0.15, -0.1) is 0 Å². The number of esters is 1. The Balaban J connectivity index is 2.66. The molecule has 5 nitrogen and oxygen atoms in total. The van der Waals surface area contributed by atoms with Crippen LogP contribution in [0.4, 0.5) is 0 Å². The molecule has 0 atom stereocenters. The number of aryl methyl sites for hydroxylation is 2. The summed E-state index contributed by atoms with van der Waals surface area (Å²) >= 11 is 3.48. The lowest BCUT2D eigenvalue weighted by molar-refractivity contribution is 0.0590. The van der Waals surface area contributed by atoms with Crippen molar-refractivity contribution >= 4 is 21.9 Å². The Morgan fingerprint density at radius 2 is 2.05 bits per heavy atom. The highest BCUT2D eigenvalue weighted by atomic mass is 79.9. The number of hydrogen-bond acceptors (Lipinski definition) is 4. The van der Waals surface area contributed by atoms with E-state index in [9.17, 15) is 9.59 Å². The molecule has 0 saturated carbocycles. The number of ether oxygens (including phenoxy) is 1. The molecule has 0 unspecified atom stereocenters. The Bertz CT molecular complexity index is 714. The number of benzene rings is 1. The van der Waals surface area contributed by atoms with Crippen LogP contribution in [0, 0.1) is 13.8 Å². The van der Waals surface area contributed by atoms with Crippen LogP contribution < -0.4 is 5.43 Å². The number of carbonyl (C=O) groups excluding carboxylic acids is 1. The van der Waals surface area contributed by atoms with Crippen LogP contribution in [0.2, 0.25) is 0 Å². The number of aromatic nitrogens is 2. The van der Waals surface area contributed by atoms with Crippen molar-refractivity contribution < 1.29 is 9.53 Å². The van der Waals surface area contributed by atoms with Gasteiger partial charge in [0.05, 0.1) is 12.8 Å². The number of halogens is 1. The number of methoxy groups -OCH3 is 1. The zero-order valence-electron chi connectivity index (χ0n) is 11.3. The molecule has 0 aliphatic rings. The summed E-state index contributed by atoms with van der Waals surface area (Å²) in [7, 11) is 1.22. The molecule has 0 N–H and O–H groups in total. The van der Waals surface area contributed by atoms with Crippen LogP contribution in [0.3, 0.4) is 0 Å². The number of nitrogens with zero attached hydrogens (tertiary/aromatic N) is 2. The summed E-state index contributed by atoms with van der Waals surface area (Å²) in [5.74, 6) is -0.745. The van der Waals surface area contributed by atoms with Crippen LogP contribution in [-0.2, 0) is 4.74 Å². The summed E-state index contributed by atoms with van der Waals surface area (Å²) in [4.78, 5) is 23.2. The van der Waals surface area contributed by atoms with E-state index in [1.165, 1.54) is 24.1 Å². The molecule has 0 bridgehead atoms. The van der Waals surface area contributed by atoms with Gasteiger partial charge in [0, 0.05) is 16.7 Å². The van der Waals surface area contributed by atoms with E-state index in [-0.39, 0.29) is 5.69 Å². The Morgan fingerprint density at radius 1 is 1.35 bits per heavy atom. The maximum atomic E-state index is 11.6. The van der Waals surface area contributed by atoms with Crippen LogP contribution >= 0.6 is 15.9 Å². The smallest absolute Gasteiger partial charge is 0.362 e. The monoisotopic (exact) mass is 336 g/mol. The molecule has 0 saturated heterocycles. The highest BCUT2D eigenvalue weighted by molar-refractivity contribution is 9.10. The summed E-state index contributed by atoms with van der Waals surface area (Å²) in [6, 6.07) is 5.24. The van der Waals surface area contributed by atoms with Crippen molar-refractivity contribution in [2.75, 3.05) is 7.11 Å². The average Bonchev–Trinajstić information content (AvgIpc) is 2.38. The van der Waals surface area contributed by atoms with Crippen molar-refractivity contribution in [3.05, 3.63) is 55.9 Å². The highest BCUT2D eigenvalue weighted by Gasteiger charge is 2.15. The summed E-state index contributed by atoms with van der Waals surface area (Å²) in [6.07, 6.45) is 1.52. The molecule has 0 radical (unpaired) electrons. The first-order chi connectivity index (χ1) is 9.43. The minimum absolute atomic E-state index is 0.234. The van der Waals surface area contributed by atoms with Gasteiger partial charge in [0.1, 0.15) is 0 Å². The van der Waals surface area contributed by atoms with Gasteiger partial charge < -0.3 is 4.74 Å². The second kappa shape index (κ2) is 5.58. The van der Waals surface area contributed by atoms with Crippen LogP contribution in [0.1, 0.15) is 21.6 Å². The van der Waals surface area contributed by atoms with Gasteiger partial charge in [0.25, 0.3) is 0 Å². The quantitative estimate of drug-likeness (QED) is 0.790. The van der Waals surface area contributed by atoms with Gasteiger partial charge in [-0.05, 0) is 47.0 Å². The van der Waals surface area contributed by atoms with Gasteiger partial charge in [0.15, 0.2) is 0 Å². The predicted octanol–water partition coefficient (Wildman–Crippen LogP) is 2.40. The Hall–Kier alpha value is -1.95. The summed E-state index contributed by atoms with van der Waals surface area (Å²) < 4.78 is 6.89. The second-order valence-corrected chi connectivity index (χ2v) is 5.23. The molecule has 0 spiro atoms. The largest absolute Gasteiger partial charge is 0.464 e. The molecule has 0 amide bonds. The molecular formula is C14H13BrN2O3. The topological polar surface area (TPSA) is 61.2 Å². The summed E-state index contributed by atoms with van der Waals surface area (Å²) in [6.45, 7) is 3.92. The third kappa shape index (κ3) is 2.65. The molecule has 0 fully saturated rings. The van der Waals surface area contributed by atoms with E-state index in [2.05, 4.69) is 25.8 Å². The maximum Gasteiger partial charge on any atom is 0.362 e. The standard InChI is InChI=1S/C14H13BrN2O3/c1-8-6-9(2)13(10(15)7-8)17-5-4-11(18)12(16-17)14(19)20-3/h4-7H,1-3H3. The van der Waals surface area contributed by atoms with Gasteiger partial charge in [0.2, 0.25) is 11.1 Å². The molecule has 1 heterocycles. The van der Waals surface area contributed by atoms with Crippen molar-refractivity contribution in [3.63, 3.8) is 0 Å². The third-order valence-electron chi connectivity index (χ3n) is 2.81. The van der Waals surface area contributed by atoms with E-state index >= 15 is 0 Å². The molecule has 0 aliphatic carbocycles. The van der Waals surface area contributed by atoms with Gasteiger partial charge in [-0.25, -0.2) is 9.48 Å². The number of rotatable bonds is 2. The predicted molar refractivity (Wildman–Crippen MR) is 78.3 cm³/mol. The molecule has 20 heavy (non-hydrogen) atoms. The molecule has 104 valence electrons. The molecular weight excluding hydrogens is 324 g/mol. The van der Waals surface area contributed by atoms with Gasteiger partial charge in [-0.3, -0.25) is 4.79 Å². The normalized spacial score (nSPS) is 10.4. The molecule has 2 rings (SSSR count). The van der Waals surface area contributed by atoms with Gasteiger partial charge in [-0.1, -0.05) is 6.07 Å². The second-order valence-electron chi connectivity index (χ2n) is 4.38. The van der Waals surface area contributed by atoms with E-state index in [0.717, 1.165) is 21.3 Å². The fourth-order valence-electron chi connectivity index (χ4n) is 1.97. The van der Waals surface area contributed by atoms with Crippen molar-refractivity contribution in [2.24, 2.45) is 0 Å². The molecule has 1 aromatic carbocycles. The lowest BCUT2D eigenvalue weighted by Crippen LogP contribution is -2.22. The average molecular weight is 337 g/mol. The van der Waals surface area contributed by atoms with E-state index < -0.39 is 11.4 Å². The zero-order chi connectivity index (χ0) is 14.9. The molecule has 0 aliphatic heterocycles. The Morgan fingerprint density at radius 3 is 2.65 bits per heavy atom. The van der Waals surface area contributed by atoms with Crippen molar-refractivity contribution in [3.8, 4) is 5.69 Å². The first kappa shape index (κ1) is 14.5. The lowest BCUT2D eigenvalue weighted by Gasteiger charge is -2.12. The summed E-state index contributed by atoms with van der Waals surface area (Å²) in [5.41, 5.74) is 2.16. The van der Waals surface area contributed by atoms with E-state index in [0.29, 0.717) is 0 Å². The molecule has 6 heteroatoms. The molecule has 1 aromatic heterocycles. The van der Waals surface area contributed by atoms with Crippen LogP contribution in [0.5, 0.6) is 0 Å². The van der Waals surface area contributed by atoms with E-state index in [1.54, 1.807) is 0 Å². The molecule has 2 aromatic rings. The van der Waals surface area contributed by atoms with Gasteiger partial charge in [-0.2, -0.15) is 5.10 Å². The SMILES string of the molecule is COC(=O)c1nn(-c2c(C)cc(C)cc2Br)ccc1=O.